The molecule has 8 nitrogen and oxygen atoms in total. The first-order valence-electron chi connectivity index (χ1n) is 26.0. The van der Waals surface area contributed by atoms with Crippen molar-refractivity contribution >= 4 is 13.7 Å². The Kier molecular flexibility index (Phi) is 43.5. The highest BCUT2D eigenvalue weighted by Crippen LogP contribution is 2.43. The van der Waals surface area contributed by atoms with E-state index in [0.29, 0.717) is 17.4 Å². The molecule has 0 radical (unpaired) electrons. The maximum Gasteiger partial charge on any atom is 0.472 e. The van der Waals surface area contributed by atoms with Gasteiger partial charge in [0.25, 0.3) is 0 Å². The largest absolute Gasteiger partial charge is 0.472 e. The average Bonchev–Trinajstić information content (AvgIpc) is 3.23. The van der Waals surface area contributed by atoms with Gasteiger partial charge in [-0.3, -0.25) is 13.8 Å². The Balaban J connectivity index is 4.00. The van der Waals surface area contributed by atoms with Crippen LogP contribution in [-0.4, -0.2) is 73.4 Å². The molecule has 0 aliphatic rings. The van der Waals surface area contributed by atoms with E-state index in [2.05, 4.69) is 55.6 Å². The van der Waals surface area contributed by atoms with E-state index in [1.54, 1.807) is 6.08 Å². The van der Waals surface area contributed by atoms with Crippen LogP contribution in [0.1, 0.15) is 232 Å². The number of phosphoric ester groups is 1. The van der Waals surface area contributed by atoms with Crippen molar-refractivity contribution in [3.8, 4) is 0 Å². The van der Waals surface area contributed by atoms with E-state index >= 15 is 0 Å². The highest BCUT2D eigenvalue weighted by molar-refractivity contribution is 7.47. The van der Waals surface area contributed by atoms with Crippen LogP contribution >= 0.6 is 7.82 Å². The van der Waals surface area contributed by atoms with Crippen molar-refractivity contribution in [2.75, 3.05) is 40.9 Å². The van der Waals surface area contributed by atoms with Gasteiger partial charge in [0.1, 0.15) is 13.2 Å². The molecular formula is C53H102N2O6P+. The molecule has 364 valence electrons. The molecule has 3 unspecified atom stereocenters. The molecule has 0 spiro atoms. The molecule has 3 atom stereocenters. The van der Waals surface area contributed by atoms with Crippen LogP contribution < -0.4 is 5.32 Å². The van der Waals surface area contributed by atoms with Crippen LogP contribution in [0.4, 0.5) is 0 Å². The molecule has 0 saturated carbocycles. The van der Waals surface area contributed by atoms with Gasteiger partial charge in [0, 0.05) is 6.42 Å². The minimum absolute atomic E-state index is 0.0554. The summed E-state index contributed by atoms with van der Waals surface area (Å²) in [5.41, 5.74) is 0. The molecule has 0 saturated heterocycles. The normalized spacial score (nSPS) is 14.5. The lowest BCUT2D eigenvalue weighted by Crippen LogP contribution is -2.45. The second-order valence-corrected chi connectivity index (χ2v) is 20.3. The van der Waals surface area contributed by atoms with Crippen molar-refractivity contribution in [3.05, 3.63) is 48.6 Å². The van der Waals surface area contributed by atoms with Gasteiger partial charge in [-0.15, -0.1) is 0 Å². The number of allylic oxidation sites excluding steroid dienone is 7. The van der Waals surface area contributed by atoms with Gasteiger partial charge in [-0.1, -0.05) is 210 Å². The Morgan fingerprint density at radius 2 is 0.935 bits per heavy atom. The SMILES string of the molecule is CCCCC/C=C/CC/C=C/C(O)C(COP(=O)(O)OCC[N+](C)(C)C)NC(=O)CCCCCCCCCCCCCCCCC/C=C\C/C=C\CCCCCCCCCCC. The smallest absolute Gasteiger partial charge is 0.387 e. The Hall–Kier alpha value is -1.54. The van der Waals surface area contributed by atoms with E-state index in [4.69, 9.17) is 9.05 Å². The fraction of sp³-hybridized carbons (Fsp3) is 0.830. The summed E-state index contributed by atoms with van der Waals surface area (Å²) >= 11 is 0. The summed E-state index contributed by atoms with van der Waals surface area (Å²) in [6, 6.07) is -0.861. The van der Waals surface area contributed by atoms with Gasteiger partial charge in [0.15, 0.2) is 0 Å². The number of unbranched alkanes of at least 4 members (excludes halogenated alkanes) is 28. The zero-order valence-electron chi connectivity index (χ0n) is 41.4. The maximum absolute atomic E-state index is 12.9. The number of aliphatic hydroxyl groups is 1. The number of carbonyl (C=O) groups excluding carboxylic acids is 1. The number of nitrogens with one attached hydrogen (secondary N) is 1. The van der Waals surface area contributed by atoms with Crippen LogP contribution in [0.25, 0.3) is 0 Å². The Bertz CT molecular complexity index is 1150. The fourth-order valence-electron chi connectivity index (χ4n) is 7.38. The first-order chi connectivity index (χ1) is 30.0. The summed E-state index contributed by atoms with van der Waals surface area (Å²) in [6.07, 6.45) is 58.0. The standard InChI is InChI=1S/C53H101N2O6P/c1-6-8-10-12-14-16-17-18-19-20-21-22-23-24-25-26-27-28-29-30-31-32-33-34-35-36-37-39-41-43-45-47-53(57)54-51(50-61-62(58,59)60-49-48-55(3,4)5)52(56)46-44-42-40-38-15-13-11-9-7-2/h15,21-22,24-25,38,44,46,51-52,56H,6-14,16-20,23,26-37,39-43,45,47-50H2,1-5H3,(H-,54,57,58,59)/p+1/b22-21-,25-24-,38-15+,46-44+. The third-order valence-electron chi connectivity index (χ3n) is 11.5. The minimum Gasteiger partial charge on any atom is -0.387 e. The van der Waals surface area contributed by atoms with Gasteiger partial charge in [0.05, 0.1) is 39.9 Å². The molecule has 0 heterocycles. The predicted octanol–water partition coefficient (Wildman–Crippen LogP) is 15.2. The van der Waals surface area contributed by atoms with Crippen molar-refractivity contribution in [2.24, 2.45) is 0 Å². The molecule has 0 aliphatic carbocycles. The molecule has 1 amide bonds. The Labute approximate surface area is 384 Å². The van der Waals surface area contributed by atoms with E-state index in [1.807, 2.05) is 27.2 Å². The number of quaternary nitrogens is 1. The zero-order chi connectivity index (χ0) is 45.7. The number of carbonyl (C=O) groups is 1. The summed E-state index contributed by atoms with van der Waals surface area (Å²) in [6.45, 7) is 4.74. The monoisotopic (exact) mass is 894 g/mol. The number of likely N-dealkylation sites (N-methyl/N-ethyl adjacent to an activating group) is 1. The Morgan fingerprint density at radius 3 is 1.42 bits per heavy atom. The van der Waals surface area contributed by atoms with Crippen molar-refractivity contribution in [3.63, 3.8) is 0 Å². The maximum atomic E-state index is 12.9. The van der Waals surface area contributed by atoms with Crippen LogP contribution in [0.5, 0.6) is 0 Å². The Morgan fingerprint density at radius 1 is 0.548 bits per heavy atom. The summed E-state index contributed by atoms with van der Waals surface area (Å²) in [5.74, 6) is -0.190. The summed E-state index contributed by atoms with van der Waals surface area (Å²) in [5, 5.41) is 13.8. The first-order valence-corrected chi connectivity index (χ1v) is 27.5. The summed E-state index contributed by atoms with van der Waals surface area (Å²) in [4.78, 5) is 23.1. The van der Waals surface area contributed by atoms with Gasteiger partial charge >= 0.3 is 7.82 Å². The number of rotatable bonds is 47. The van der Waals surface area contributed by atoms with Crippen molar-refractivity contribution in [2.45, 2.75) is 244 Å². The number of nitrogens with zero attached hydrogens (tertiary/aromatic N) is 1. The average molecular weight is 894 g/mol. The minimum atomic E-state index is -4.34. The number of phosphoric acid groups is 1. The number of hydrogen-bond acceptors (Lipinski definition) is 5. The molecule has 0 bridgehead atoms. The van der Waals surface area contributed by atoms with E-state index < -0.39 is 20.0 Å². The van der Waals surface area contributed by atoms with E-state index in [0.717, 1.165) is 44.9 Å². The highest BCUT2D eigenvalue weighted by Gasteiger charge is 2.27. The molecule has 9 heteroatoms. The summed E-state index contributed by atoms with van der Waals surface area (Å²) < 4.78 is 23.5. The predicted molar refractivity (Wildman–Crippen MR) is 267 cm³/mol. The molecule has 0 aromatic carbocycles. The lowest BCUT2D eigenvalue weighted by molar-refractivity contribution is -0.870. The van der Waals surface area contributed by atoms with Gasteiger partial charge in [-0.25, -0.2) is 4.57 Å². The van der Waals surface area contributed by atoms with E-state index in [-0.39, 0.29) is 19.1 Å². The topological polar surface area (TPSA) is 105 Å². The lowest BCUT2D eigenvalue weighted by atomic mass is 10.0. The van der Waals surface area contributed by atoms with E-state index in [9.17, 15) is 19.4 Å². The van der Waals surface area contributed by atoms with Crippen LogP contribution in [-0.2, 0) is 18.4 Å². The van der Waals surface area contributed by atoms with E-state index in [1.165, 1.54) is 167 Å². The molecule has 3 N–H and O–H groups in total. The lowest BCUT2D eigenvalue weighted by Gasteiger charge is -2.25. The van der Waals surface area contributed by atoms with Crippen molar-refractivity contribution in [1.29, 1.82) is 0 Å². The van der Waals surface area contributed by atoms with Crippen LogP contribution in [0.2, 0.25) is 0 Å². The first kappa shape index (κ1) is 60.5. The quantitative estimate of drug-likeness (QED) is 0.0243. The van der Waals surface area contributed by atoms with Crippen LogP contribution in [0, 0.1) is 0 Å². The van der Waals surface area contributed by atoms with Crippen LogP contribution in [0.3, 0.4) is 0 Å². The molecule has 62 heavy (non-hydrogen) atoms. The molecule has 0 aromatic rings. The number of amides is 1. The number of aliphatic hydroxyl groups excluding tert-OH is 1. The van der Waals surface area contributed by atoms with Gasteiger partial charge in [-0.05, 0) is 64.2 Å². The molecule has 0 fully saturated rings. The number of hydrogen-bond donors (Lipinski definition) is 3. The van der Waals surface area contributed by atoms with Gasteiger partial charge in [-0.2, -0.15) is 0 Å². The second-order valence-electron chi connectivity index (χ2n) is 18.9. The van der Waals surface area contributed by atoms with Gasteiger partial charge in [0.2, 0.25) is 5.91 Å². The molecular weight excluding hydrogens is 792 g/mol. The third-order valence-corrected chi connectivity index (χ3v) is 12.5. The van der Waals surface area contributed by atoms with Crippen LogP contribution in [0.15, 0.2) is 48.6 Å². The molecule has 0 rings (SSSR count). The highest BCUT2D eigenvalue weighted by atomic mass is 31.2. The fourth-order valence-corrected chi connectivity index (χ4v) is 8.12. The van der Waals surface area contributed by atoms with Crippen molar-refractivity contribution < 1.29 is 32.9 Å². The van der Waals surface area contributed by atoms with Crippen molar-refractivity contribution in [1.82, 2.24) is 5.32 Å². The van der Waals surface area contributed by atoms with Gasteiger partial charge < -0.3 is 19.8 Å². The summed E-state index contributed by atoms with van der Waals surface area (Å²) in [7, 11) is 1.55. The third kappa shape index (κ3) is 46.5. The molecule has 0 aliphatic heterocycles. The zero-order valence-corrected chi connectivity index (χ0v) is 42.3. The second kappa shape index (κ2) is 44.7. The molecule has 0 aromatic heterocycles.